The lowest BCUT2D eigenvalue weighted by Crippen LogP contribution is -2.28. The summed E-state index contributed by atoms with van der Waals surface area (Å²) in [7, 11) is -2.26. The zero-order chi connectivity index (χ0) is 21.3. The highest BCUT2D eigenvalue weighted by atomic mass is 35.5. The fourth-order valence-electron chi connectivity index (χ4n) is 2.95. The van der Waals surface area contributed by atoms with Crippen molar-refractivity contribution in [1.29, 1.82) is 0 Å². The summed E-state index contributed by atoms with van der Waals surface area (Å²) in [5.41, 5.74) is 0. The Morgan fingerprint density at radius 1 is 1.14 bits per heavy atom. The van der Waals surface area contributed by atoms with E-state index in [-0.39, 0.29) is 16.9 Å². The van der Waals surface area contributed by atoms with Crippen LogP contribution in [0.5, 0.6) is 0 Å². The van der Waals surface area contributed by atoms with Crippen molar-refractivity contribution in [2.24, 2.45) is 0 Å². The number of hydrogen-bond acceptors (Lipinski definition) is 5. The molecule has 0 saturated heterocycles. The van der Waals surface area contributed by atoms with Gasteiger partial charge in [0, 0.05) is 21.2 Å². The number of carbonyl (C=O) groups excluding carboxylic acids is 1. The van der Waals surface area contributed by atoms with Crippen LogP contribution in [0.25, 0.3) is 0 Å². The first kappa shape index (κ1) is 23.9. The van der Waals surface area contributed by atoms with Crippen molar-refractivity contribution < 1.29 is 17.9 Å². The predicted molar refractivity (Wildman–Crippen MR) is 118 cm³/mol. The molecule has 0 bridgehead atoms. The molecule has 0 aliphatic carbocycles. The van der Waals surface area contributed by atoms with Crippen molar-refractivity contribution in [3.05, 3.63) is 51.2 Å². The fourth-order valence-corrected chi connectivity index (χ4v) is 5.54. The highest BCUT2D eigenvalue weighted by molar-refractivity contribution is 7.89. The van der Waals surface area contributed by atoms with Crippen LogP contribution in [0.3, 0.4) is 0 Å². The number of aryl methyl sites for hydroxylation is 1. The summed E-state index contributed by atoms with van der Waals surface area (Å²) in [6.07, 6.45) is 5.67. The molecule has 0 radical (unpaired) electrons. The number of hydrogen-bond donors (Lipinski definition) is 1. The summed E-state index contributed by atoms with van der Waals surface area (Å²) >= 11 is 7.48. The molecule has 0 amide bonds. The highest BCUT2D eigenvalue weighted by Crippen LogP contribution is 2.30. The van der Waals surface area contributed by atoms with Gasteiger partial charge >= 0.3 is 5.97 Å². The molecule has 2 rings (SSSR count). The van der Waals surface area contributed by atoms with Crippen molar-refractivity contribution in [2.45, 2.75) is 62.8 Å². The number of thiophene rings is 1. The monoisotopic (exact) mass is 457 g/mol. The van der Waals surface area contributed by atoms with Gasteiger partial charge in [-0.2, -0.15) is 0 Å². The van der Waals surface area contributed by atoms with Crippen LogP contribution in [-0.4, -0.2) is 21.5 Å². The van der Waals surface area contributed by atoms with Crippen LogP contribution in [-0.2, 0) is 26.0 Å². The number of nitrogens with one attached hydrogen (secondary N) is 1. The molecule has 1 aromatic carbocycles. The first-order valence-electron chi connectivity index (χ1n) is 9.79. The van der Waals surface area contributed by atoms with Crippen molar-refractivity contribution in [1.82, 2.24) is 4.72 Å². The fraction of sp³-hybridized carbons (Fsp3) is 0.476. The number of halogens is 1. The van der Waals surface area contributed by atoms with Crippen LogP contribution in [0.2, 0.25) is 5.02 Å². The van der Waals surface area contributed by atoms with E-state index in [1.807, 2.05) is 12.1 Å². The van der Waals surface area contributed by atoms with Crippen molar-refractivity contribution >= 4 is 38.9 Å². The summed E-state index contributed by atoms with van der Waals surface area (Å²) in [5, 5.41) is 0.498. The maximum absolute atomic E-state index is 12.8. The van der Waals surface area contributed by atoms with Crippen LogP contribution < -0.4 is 4.72 Å². The SMILES string of the molecule is CCCCCC(NS(=O)(=O)c1ccc(Cl)cc1)c1ccc(CCCC(=O)OC)s1. The van der Waals surface area contributed by atoms with Crippen LogP contribution >= 0.6 is 22.9 Å². The molecule has 0 aliphatic rings. The average molecular weight is 458 g/mol. The largest absolute Gasteiger partial charge is 0.469 e. The Morgan fingerprint density at radius 2 is 1.86 bits per heavy atom. The molecule has 0 fully saturated rings. The van der Waals surface area contributed by atoms with Crippen LogP contribution in [0.15, 0.2) is 41.3 Å². The van der Waals surface area contributed by atoms with Gasteiger partial charge in [-0.15, -0.1) is 11.3 Å². The molecule has 29 heavy (non-hydrogen) atoms. The molecule has 5 nitrogen and oxygen atoms in total. The van der Waals surface area contributed by atoms with Gasteiger partial charge in [-0.05, 0) is 55.7 Å². The van der Waals surface area contributed by atoms with Crippen LogP contribution in [0, 0.1) is 0 Å². The van der Waals surface area contributed by atoms with Gasteiger partial charge in [0.25, 0.3) is 0 Å². The molecule has 1 N–H and O–H groups in total. The maximum atomic E-state index is 12.8. The summed E-state index contributed by atoms with van der Waals surface area (Å²) < 4.78 is 33.2. The minimum absolute atomic E-state index is 0.206. The third-order valence-corrected chi connectivity index (χ3v) is 7.57. The number of methoxy groups -OCH3 is 1. The topological polar surface area (TPSA) is 72.5 Å². The lowest BCUT2D eigenvalue weighted by Gasteiger charge is -2.18. The highest BCUT2D eigenvalue weighted by Gasteiger charge is 2.22. The van der Waals surface area contributed by atoms with E-state index in [2.05, 4.69) is 16.4 Å². The van der Waals surface area contributed by atoms with Crippen molar-refractivity contribution in [3.8, 4) is 0 Å². The quantitative estimate of drug-likeness (QED) is 0.337. The van der Waals surface area contributed by atoms with Gasteiger partial charge in [-0.1, -0.05) is 37.8 Å². The molecule has 1 heterocycles. The second-order valence-electron chi connectivity index (χ2n) is 6.86. The van der Waals surface area contributed by atoms with Crippen molar-refractivity contribution in [2.75, 3.05) is 7.11 Å². The Labute approximate surface area is 182 Å². The number of benzene rings is 1. The summed E-state index contributed by atoms with van der Waals surface area (Å²) in [6.45, 7) is 2.12. The lowest BCUT2D eigenvalue weighted by atomic mass is 10.1. The average Bonchev–Trinajstić information content (AvgIpc) is 3.16. The zero-order valence-electron chi connectivity index (χ0n) is 16.8. The number of esters is 1. The molecule has 160 valence electrons. The Kier molecular flexibility index (Phi) is 9.62. The first-order chi connectivity index (χ1) is 13.9. The molecular weight excluding hydrogens is 430 g/mol. The molecule has 0 saturated carbocycles. The van der Waals surface area contributed by atoms with E-state index < -0.39 is 10.0 Å². The van der Waals surface area contributed by atoms with E-state index in [0.29, 0.717) is 17.9 Å². The van der Waals surface area contributed by atoms with Gasteiger partial charge < -0.3 is 4.74 Å². The second-order valence-corrected chi connectivity index (χ2v) is 10.2. The van der Waals surface area contributed by atoms with Gasteiger partial charge in [0.2, 0.25) is 10.0 Å². The third-order valence-electron chi connectivity index (χ3n) is 4.58. The number of carbonyl (C=O) groups is 1. The zero-order valence-corrected chi connectivity index (χ0v) is 19.2. The Balaban J connectivity index is 2.11. The Hall–Kier alpha value is -1.41. The smallest absolute Gasteiger partial charge is 0.305 e. The van der Waals surface area contributed by atoms with Gasteiger partial charge in [0.1, 0.15) is 0 Å². The summed E-state index contributed by atoms with van der Waals surface area (Å²) in [6, 6.07) is 9.90. The van der Waals surface area contributed by atoms with Crippen LogP contribution in [0.1, 0.15) is 61.2 Å². The van der Waals surface area contributed by atoms with E-state index in [1.165, 1.54) is 19.2 Å². The number of sulfonamides is 1. The molecule has 1 aromatic heterocycles. The predicted octanol–water partition coefficient (Wildman–Crippen LogP) is 5.50. The first-order valence-corrected chi connectivity index (χ1v) is 12.5. The number of unbranched alkanes of at least 4 members (excludes halogenated alkanes) is 2. The molecule has 1 atom stereocenters. The number of rotatable bonds is 12. The standard InChI is InChI=1S/C21H28ClNO4S2/c1-3-4-5-8-19(23-29(25,26)18-13-10-16(22)11-14-18)20-15-12-17(28-20)7-6-9-21(24)27-2/h10-15,19,23H,3-9H2,1-2H3. The minimum atomic E-state index is -3.65. The minimum Gasteiger partial charge on any atom is -0.469 e. The number of ether oxygens (including phenoxy) is 1. The molecule has 0 aliphatic heterocycles. The molecule has 0 spiro atoms. The van der Waals surface area contributed by atoms with Crippen molar-refractivity contribution in [3.63, 3.8) is 0 Å². The van der Waals surface area contributed by atoms with E-state index in [0.717, 1.165) is 41.9 Å². The molecule has 1 unspecified atom stereocenters. The molecular formula is C21H28ClNO4S2. The Bertz CT molecular complexity index is 878. The van der Waals surface area contributed by atoms with E-state index in [1.54, 1.807) is 23.5 Å². The second kappa shape index (κ2) is 11.7. The molecule has 2 aromatic rings. The van der Waals surface area contributed by atoms with Gasteiger partial charge in [0.15, 0.2) is 0 Å². The maximum Gasteiger partial charge on any atom is 0.305 e. The van der Waals surface area contributed by atoms with E-state index >= 15 is 0 Å². The van der Waals surface area contributed by atoms with E-state index in [4.69, 9.17) is 11.6 Å². The third kappa shape index (κ3) is 7.74. The van der Waals surface area contributed by atoms with Gasteiger partial charge in [-0.25, -0.2) is 13.1 Å². The summed E-state index contributed by atoms with van der Waals surface area (Å²) in [5.74, 6) is -0.213. The normalized spacial score (nSPS) is 12.7. The Morgan fingerprint density at radius 3 is 2.52 bits per heavy atom. The van der Waals surface area contributed by atoms with E-state index in [9.17, 15) is 13.2 Å². The van der Waals surface area contributed by atoms with Gasteiger partial charge in [-0.3, -0.25) is 4.79 Å². The summed E-state index contributed by atoms with van der Waals surface area (Å²) in [4.78, 5) is 13.6. The lowest BCUT2D eigenvalue weighted by molar-refractivity contribution is -0.140. The van der Waals surface area contributed by atoms with Gasteiger partial charge in [0.05, 0.1) is 18.0 Å². The van der Waals surface area contributed by atoms with Crippen LogP contribution in [0.4, 0.5) is 0 Å². The molecule has 8 heteroatoms.